The lowest BCUT2D eigenvalue weighted by Crippen LogP contribution is -2.44. The number of nitrogens with one attached hydrogen (secondary N) is 2. The molecule has 2 fully saturated rings. The fourth-order valence-electron chi connectivity index (χ4n) is 3.47. The van der Waals surface area contributed by atoms with Gasteiger partial charge in [-0.1, -0.05) is 30.3 Å². The number of guanidine groups is 1. The fraction of sp³-hybridized carbons (Fsp3) is 0.450. The SMILES string of the molecule is CN=C(NCc1ccc(-c2ccccc2)o1)NC1CCN(C2CC2)C1. The summed E-state index contributed by atoms with van der Waals surface area (Å²) in [7, 11) is 1.82. The molecule has 0 radical (unpaired) electrons. The number of nitrogens with zero attached hydrogens (tertiary/aromatic N) is 2. The van der Waals surface area contributed by atoms with Crippen molar-refractivity contribution in [3.05, 3.63) is 48.2 Å². The number of hydrogen-bond donors (Lipinski definition) is 2. The standard InChI is InChI=1S/C20H26N4O/c1-21-20(23-16-11-12-24(14-16)17-7-8-17)22-13-18-9-10-19(25-18)15-5-3-2-4-6-15/h2-6,9-10,16-17H,7-8,11-14H2,1H3,(H2,21,22,23). The zero-order chi connectivity index (χ0) is 17.1. The van der Waals surface area contributed by atoms with Crippen LogP contribution in [0.2, 0.25) is 0 Å². The van der Waals surface area contributed by atoms with E-state index in [1.54, 1.807) is 0 Å². The maximum Gasteiger partial charge on any atom is 0.191 e. The molecule has 0 spiro atoms. The fourth-order valence-corrected chi connectivity index (χ4v) is 3.47. The molecule has 1 aliphatic heterocycles. The summed E-state index contributed by atoms with van der Waals surface area (Å²) in [6, 6.07) is 15.6. The third-order valence-electron chi connectivity index (χ3n) is 5.00. The van der Waals surface area contributed by atoms with Gasteiger partial charge in [0.25, 0.3) is 0 Å². The molecular weight excluding hydrogens is 312 g/mol. The lowest BCUT2D eigenvalue weighted by Gasteiger charge is -2.18. The van der Waals surface area contributed by atoms with E-state index in [0.717, 1.165) is 35.6 Å². The van der Waals surface area contributed by atoms with Gasteiger partial charge >= 0.3 is 0 Å². The van der Waals surface area contributed by atoms with Crippen LogP contribution in [0.15, 0.2) is 51.9 Å². The van der Waals surface area contributed by atoms with Crippen molar-refractivity contribution in [1.82, 2.24) is 15.5 Å². The largest absolute Gasteiger partial charge is 0.459 e. The lowest BCUT2D eigenvalue weighted by molar-refractivity contribution is 0.321. The van der Waals surface area contributed by atoms with E-state index < -0.39 is 0 Å². The highest BCUT2D eigenvalue weighted by Crippen LogP contribution is 2.29. The van der Waals surface area contributed by atoms with E-state index in [4.69, 9.17) is 4.42 Å². The Labute approximate surface area is 149 Å². The topological polar surface area (TPSA) is 52.8 Å². The molecular formula is C20H26N4O. The van der Waals surface area contributed by atoms with E-state index in [-0.39, 0.29) is 0 Å². The first-order chi connectivity index (χ1) is 12.3. The normalized spacial score (nSPS) is 21.5. The van der Waals surface area contributed by atoms with Crippen molar-refractivity contribution in [2.45, 2.75) is 37.9 Å². The molecule has 132 valence electrons. The Kier molecular flexibility index (Phi) is 4.74. The van der Waals surface area contributed by atoms with Crippen molar-refractivity contribution in [1.29, 1.82) is 0 Å². The van der Waals surface area contributed by atoms with E-state index >= 15 is 0 Å². The second-order valence-corrected chi connectivity index (χ2v) is 6.91. The Bertz CT molecular complexity index is 720. The summed E-state index contributed by atoms with van der Waals surface area (Å²) >= 11 is 0. The molecule has 2 heterocycles. The zero-order valence-electron chi connectivity index (χ0n) is 14.7. The molecule has 1 aliphatic carbocycles. The van der Waals surface area contributed by atoms with Crippen LogP contribution in [0.5, 0.6) is 0 Å². The Morgan fingerprint density at radius 3 is 2.76 bits per heavy atom. The highest BCUT2D eigenvalue weighted by Gasteiger charge is 2.34. The molecule has 1 aromatic carbocycles. The van der Waals surface area contributed by atoms with Gasteiger partial charge in [-0.05, 0) is 31.4 Å². The number of rotatable bonds is 5. The van der Waals surface area contributed by atoms with Gasteiger partial charge in [0.05, 0.1) is 6.54 Å². The van der Waals surface area contributed by atoms with Crippen LogP contribution in [0.3, 0.4) is 0 Å². The molecule has 2 aliphatic rings. The first-order valence-electron chi connectivity index (χ1n) is 9.17. The summed E-state index contributed by atoms with van der Waals surface area (Å²) in [5.74, 6) is 2.66. The third kappa shape index (κ3) is 4.04. The Hall–Kier alpha value is -2.27. The summed E-state index contributed by atoms with van der Waals surface area (Å²) in [5, 5.41) is 6.91. The summed E-state index contributed by atoms with van der Waals surface area (Å²) < 4.78 is 5.94. The van der Waals surface area contributed by atoms with Crippen molar-refractivity contribution < 1.29 is 4.42 Å². The maximum atomic E-state index is 5.94. The Morgan fingerprint density at radius 1 is 1.16 bits per heavy atom. The predicted molar refractivity (Wildman–Crippen MR) is 100 cm³/mol. The van der Waals surface area contributed by atoms with Crippen molar-refractivity contribution in [2.75, 3.05) is 20.1 Å². The maximum absolute atomic E-state index is 5.94. The molecule has 5 heteroatoms. The molecule has 1 saturated heterocycles. The number of likely N-dealkylation sites (tertiary alicyclic amines) is 1. The second-order valence-electron chi connectivity index (χ2n) is 6.91. The second kappa shape index (κ2) is 7.31. The third-order valence-corrected chi connectivity index (χ3v) is 5.00. The van der Waals surface area contributed by atoms with Gasteiger partial charge in [0.15, 0.2) is 5.96 Å². The molecule has 5 nitrogen and oxygen atoms in total. The minimum absolute atomic E-state index is 0.489. The smallest absolute Gasteiger partial charge is 0.191 e. The van der Waals surface area contributed by atoms with Crippen LogP contribution >= 0.6 is 0 Å². The van der Waals surface area contributed by atoms with Crippen LogP contribution in [0.25, 0.3) is 11.3 Å². The van der Waals surface area contributed by atoms with E-state index in [1.165, 1.54) is 25.8 Å². The quantitative estimate of drug-likeness (QED) is 0.650. The summed E-state index contributed by atoms with van der Waals surface area (Å²) in [5.41, 5.74) is 1.10. The van der Waals surface area contributed by atoms with E-state index in [2.05, 4.69) is 32.7 Å². The van der Waals surface area contributed by atoms with Crippen molar-refractivity contribution >= 4 is 5.96 Å². The summed E-state index contributed by atoms with van der Waals surface area (Å²) in [6.45, 7) is 2.97. The zero-order valence-corrected chi connectivity index (χ0v) is 14.7. The van der Waals surface area contributed by atoms with Gasteiger partial charge in [-0.2, -0.15) is 0 Å². The highest BCUT2D eigenvalue weighted by atomic mass is 16.3. The van der Waals surface area contributed by atoms with Gasteiger partial charge in [-0.15, -0.1) is 0 Å². The number of benzene rings is 1. The van der Waals surface area contributed by atoms with Gasteiger partial charge in [-0.3, -0.25) is 9.89 Å². The predicted octanol–water partition coefficient (Wildman–Crippen LogP) is 2.85. The van der Waals surface area contributed by atoms with Crippen LogP contribution in [0, 0.1) is 0 Å². The first-order valence-corrected chi connectivity index (χ1v) is 9.17. The minimum Gasteiger partial charge on any atom is -0.459 e. The molecule has 1 unspecified atom stereocenters. The van der Waals surface area contributed by atoms with E-state index in [9.17, 15) is 0 Å². The first kappa shape index (κ1) is 16.2. The monoisotopic (exact) mass is 338 g/mol. The molecule has 0 bridgehead atoms. The number of furan rings is 1. The van der Waals surface area contributed by atoms with Crippen LogP contribution < -0.4 is 10.6 Å². The molecule has 0 amide bonds. The average Bonchev–Trinajstić information content (AvgIpc) is 3.21. The molecule has 25 heavy (non-hydrogen) atoms. The van der Waals surface area contributed by atoms with Crippen LogP contribution in [0.1, 0.15) is 25.0 Å². The summed E-state index contributed by atoms with van der Waals surface area (Å²) in [6.07, 6.45) is 3.94. The van der Waals surface area contributed by atoms with Gasteiger partial charge in [0, 0.05) is 37.8 Å². The van der Waals surface area contributed by atoms with Crippen molar-refractivity contribution in [3.8, 4) is 11.3 Å². The van der Waals surface area contributed by atoms with Crippen LogP contribution in [-0.2, 0) is 6.54 Å². The molecule has 2 N–H and O–H groups in total. The van der Waals surface area contributed by atoms with Crippen molar-refractivity contribution in [3.63, 3.8) is 0 Å². The summed E-state index contributed by atoms with van der Waals surface area (Å²) in [4.78, 5) is 6.95. The Morgan fingerprint density at radius 2 is 2.00 bits per heavy atom. The van der Waals surface area contributed by atoms with Gasteiger partial charge in [0.2, 0.25) is 0 Å². The Balaban J connectivity index is 1.29. The van der Waals surface area contributed by atoms with Gasteiger partial charge < -0.3 is 15.1 Å². The van der Waals surface area contributed by atoms with Crippen LogP contribution in [-0.4, -0.2) is 43.1 Å². The van der Waals surface area contributed by atoms with E-state index in [0.29, 0.717) is 12.6 Å². The molecule has 1 saturated carbocycles. The number of aliphatic imine (C=N–C) groups is 1. The number of hydrogen-bond acceptors (Lipinski definition) is 3. The molecule has 4 rings (SSSR count). The van der Waals surface area contributed by atoms with Gasteiger partial charge in [-0.25, -0.2) is 0 Å². The average molecular weight is 338 g/mol. The molecule has 1 atom stereocenters. The minimum atomic E-state index is 0.489. The van der Waals surface area contributed by atoms with E-state index in [1.807, 2.05) is 37.4 Å². The highest BCUT2D eigenvalue weighted by molar-refractivity contribution is 5.80. The van der Waals surface area contributed by atoms with Crippen LogP contribution in [0.4, 0.5) is 0 Å². The molecule has 2 aromatic rings. The van der Waals surface area contributed by atoms with Crippen molar-refractivity contribution in [2.24, 2.45) is 4.99 Å². The van der Waals surface area contributed by atoms with Gasteiger partial charge in [0.1, 0.15) is 11.5 Å². The lowest BCUT2D eigenvalue weighted by atomic mass is 10.2. The molecule has 1 aromatic heterocycles.